The first-order valence-corrected chi connectivity index (χ1v) is 5.52. The third kappa shape index (κ3) is 2.05. The van der Waals surface area contributed by atoms with Gasteiger partial charge in [-0.15, -0.1) is 0 Å². The number of pyridine rings is 1. The summed E-state index contributed by atoms with van der Waals surface area (Å²) in [4.78, 5) is 8.60. The van der Waals surface area contributed by atoms with E-state index in [0.717, 1.165) is 30.3 Å². The minimum absolute atomic E-state index is 0.908. The first-order chi connectivity index (χ1) is 7.83. The van der Waals surface area contributed by atoms with E-state index < -0.39 is 0 Å². The smallest absolute Gasteiger partial charge is 0.161 e. The average molecular weight is 216 g/mol. The first kappa shape index (κ1) is 10.7. The van der Waals surface area contributed by atoms with Gasteiger partial charge in [-0.1, -0.05) is 6.92 Å². The van der Waals surface area contributed by atoms with Crippen LogP contribution in [0.3, 0.4) is 0 Å². The molecule has 2 aromatic rings. The van der Waals surface area contributed by atoms with E-state index in [2.05, 4.69) is 22.2 Å². The number of nitrogens with zero attached hydrogens (tertiary/aromatic N) is 3. The predicted octanol–water partition coefficient (Wildman–Crippen LogP) is 2.40. The van der Waals surface area contributed by atoms with Crippen molar-refractivity contribution in [2.75, 3.05) is 11.9 Å². The van der Waals surface area contributed by atoms with Crippen molar-refractivity contribution in [3.63, 3.8) is 0 Å². The Hall–Kier alpha value is -1.84. The highest BCUT2D eigenvalue weighted by molar-refractivity contribution is 5.56. The second kappa shape index (κ2) is 4.79. The van der Waals surface area contributed by atoms with Gasteiger partial charge >= 0.3 is 0 Å². The standard InChI is InChI=1S/C12H16N4/c1-3-6-14-11-5-4-7-15-12(11)16-9-8-13-10(16)2/h4-5,7-9,14H,3,6H2,1-2H3. The average Bonchev–Trinajstić information content (AvgIpc) is 2.73. The molecule has 0 radical (unpaired) electrons. The summed E-state index contributed by atoms with van der Waals surface area (Å²) in [5, 5.41) is 3.37. The Balaban J connectivity index is 2.37. The molecule has 0 saturated carbocycles. The van der Waals surface area contributed by atoms with Crippen LogP contribution in [0.4, 0.5) is 5.69 Å². The number of imidazole rings is 1. The van der Waals surface area contributed by atoms with Gasteiger partial charge in [0.05, 0.1) is 5.69 Å². The van der Waals surface area contributed by atoms with E-state index in [1.807, 2.05) is 29.8 Å². The summed E-state index contributed by atoms with van der Waals surface area (Å²) in [5.41, 5.74) is 1.05. The molecule has 2 aromatic heterocycles. The van der Waals surface area contributed by atoms with Crippen LogP contribution in [0.5, 0.6) is 0 Å². The van der Waals surface area contributed by atoms with Crippen LogP contribution in [0.1, 0.15) is 19.2 Å². The van der Waals surface area contributed by atoms with Crippen molar-refractivity contribution in [3.05, 3.63) is 36.5 Å². The molecular weight excluding hydrogens is 200 g/mol. The molecule has 84 valence electrons. The van der Waals surface area contributed by atoms with Crippen LogP contribution in [-0.2, 0) is 0 Å². The predicted molar refractivity (Wildman–Crippen MR) is 64.9 cm³/mol. The van der Waals surface area contributed by atoms with E-state index in [0.29, 0.717) is 0 Å². The zero-order valence-corrected chi connectivity index (χ0v) is 9.64. The number of nitrogens with one attached hydrogen (secondary N) is 1. The zero-order chi connectivity index (χ0) is 11.4. The summed E-state index contributed by atoms with van der Waals surface area (Å²) in [6.45, 7) is 5.07. The molecule has 0 bridgehead atoms. The number of rotatable bonds is 4. The third-order valence-corrected chi connectivity index (χ3v) is 2.41. The fourth-order valence-electron chi connectivity index (χ4n) is 1.59. The van der Waals surface area contributed by atoms with Crippen LogP contribution in [0.25, 0.3) is 5.82 Å². The molecule has 1 N–H and O–H groups in total. The van der Waals surface area contributed by atoms with Crippen molar-refractivity contribution in [3.8, 4) is 5.82 Å². The molecule has 4 nitrogen and oxygen atoms in total. The molecule has 0 aliphatic rings. The monoisotopic (exact) mass is 216 g/mol. The molecule has 0 spiro atoms. The molecule has 0 aliphatic carbocycles. The van der Waals surface area contributed by atoms with E-state index in [9.17, 15) is 0 Å². The summed E-state index contributed by atoms with van der Waals surface area (Å²) in [6.07, 6.45) is 6.60. The highest BCUT2D eigenvalue weighted by Crippen LogP contribution is 2.18. The van der Waals surface area contributed by atoms with Gasteiger partial charge in [0.25, 0.3) is 0 Å². The summed E-state index contributed by atoms with van der Waals surface area (Å²) < 4.78 is 1.98. The van der Waals surface area contributed by atoms with Crippen molar-refractivity contribution in [1.29, 1.82) is 0 Å². The molecule has 4 heteroatoms. The van der Waals surface area contributed by atoms with Gasteiger partial charge in [0.2, 0.25) is 0 Å². The number of aryl methyl sites for hydroxylation is 1. The maximum Gasteiger partial charge on any atom is 0.161 e. The maximum atomic E-state index is 4.40. The highest BCUT2D eigenvalue weighted by Gasteiger charge is 2.06. The second-order valence-electron chi connectivity index (χ2n) is 3.65. The van der Waals surface area contributed by atoms with Gasteiger partial charge in [0.15, 0.2) is 5.82 Å². The maximum absolute atomic E-state index is 4.40. The van der Waals surface area contributed by atoms with Gasteiger partial charge in [-0.05, 0) is 25.5 Å². The summed E-state index contributed by atoms with van der Waals surface area (Å²) in [6, 6.07) is 3.98. The van der Waals surface area contributed by atoms with Gasteiger partial charge in [-0.2, -0.15) is 0 Å². The fraction of sp³-hybridized carbons (Fsp3) is 0.333. The Morgan fingerprint density at radius 3 is 2.88 bits per heavy atom. The lowest BCUT2D eigenvalue weighted by molar-refractivity contribution is 0.919. The van der Waals surface area contributed by atoms with Gasteiger partial charge < -0.3 is 5.32 Å². The van der Waals surface area contributed by atoms with Crippen LogP contribution in [0, 0.1) is 6.92 Å². The topological polar surface area (TPSA) is 42.7 Å². The van der Waals surface area contributed by atoms with Crippen LogP contribution in [0.2, 0.25) is 0 Å². The fourth-order valence-corrected chi connectivity index (χ4v) is 1.59. The Bertz CT molecular complexity index is 462. The van der Waals surface area contributed by atoms with Crippen molar-refractivity contribution >= 4 is 5.69 Å². The number of aromatic nitrogens is 3. The van der Waals surface area contributed by atoms with Crippen molar-refractivity contribution < 1.29 is 0 Å². The van der Waals surface area contributed by atoms with Crippen LogP contribution >= 0.6 is 0 Å². The van der Waals surface area contributed by atoms with E-state index in [1.54, 1.807) is 12.4 Å². The molecule has 0 saturated heterocycles. The summed E-state index contributed by atoms with van der Waals surface area (Å²) >= 11 is 0. The number of hydrogen-bond acceptors (Lipinski definition) is 3. The zero-order valence-electron chi connectivity index (χ0n) is 9.64. The highest BCUT2D eigenvalue weighted by atomic mass is 15.1. The molecule has 0 aliphatic heterocycles. The number of anilines is 1. The minimum atomic E-state index is 0.908. The summed E-state index contributed by atoms with van der Waals surface area (Å²) in [7, 11) is 0. The van der Waals surface area contributed by atoms with Gasteiger partial charge in [0, 0.05) is 25.1 Å². The molecule has 16 heavy (non-hydrogen) atoms. The van der Waals surface area contributed by atoms with E-state index in [1.165, 1.54) is 0 Å². The van der Waals surface area contributed by atoms with E-state index in [4.69, 9.17) is 0 Å². The quantitative estimate of drug-likeness (QED) is 0.853. The normalized spacial score (nSPS) is 10.4. The number of hydrogen-bond donors (Lipinski definition) is 1. The molecule has 2 rings (SSSR count). The lowest BCUT2D eigenvalue weighted by atomic mass is 10.3. The van der Waals surface area contributed by atoms with E-state index in [-0.39, 0.29) is 0 Å². The third-order valence-electron chi connectivity index (χ3n) is 2.41. The SMILES string of the molecule is CCCNc1cccnc1-n1ccnc1C. The van der Waals surface area contributed by atoms with Crippen LogP contribution in [0.15, 0.2) is 30.7 Å². The molecule has 2 heterocycles. The Morgan fingerprint density at radius 1 is 1.31 bits per heavy atom. The second-order valence-corrected chi connectivity index (χ2v) is 3.65. The lowest BCUT2D eigenvalue weighted by Crippen LogP contribution is -2.07. The van der Waals surface area contributed by atoms with Crippen LogP contribution < -0.4 is 5.32 Å². The lowest BCUT2D eigenvalue weighted by Gasteiger charge is -2.11. The van der Waals surface area contributed by atoms with Gasteiger partial charge in [0.1, 0.15) is 5.82 Å². The Morgan fingerprint density at radius 2 is 2.19 bits per heavy atom. The summed E-state index contributed by atoms with van der Waals surface area (Å²) in [5.74, 6) is 1.85. The van der Waals surface area contributed by atoms with Crippen molar-refractivity contribution in [1.82, 2.24) is 14.5 Å². The van der Waals surface area contributed by atoms with Gasteiger partial charge in [-0.25, -0.2) is 9.97 Å². The molecule has 0 aromatic carbocycles. The van der Waals surface area contributed by atoms with E-state index >= 15 is 0 Å². The molecular formula is C12H16N4. The Labute approximate surface area is 95.4 Å². The molecule has 0 fully saturated rings. The molecule has 0 amide bonds. The van der Waals surface area contributed by atoms with Gasteiger partial charge in [-0.3, -0.25) is 4.57 Å². The Kier molecular flexibility index (Phi) is 3.19. The van der Waals surface area contributed by atoms with Crippen LogP contribution in [-0.4, -0.2) is 21.1 Å². The minimum Gasteiger partial charge on any atom is -0.382 e. The van der Waals surface area contributed by atoms with Crippen molar-refractivity contribution in [2.24, 2.45) is 0 Å². The molecule has 0 atom stereocenters. The largest absolute Gasteiger partial charge is 0.382 e. The molecule has 0 unspecified atom stereocenters. The first-order valence-electron chi connectivity index (χ1n) is 5.52. The van der Waals surface area contributed by atoms with Crippen molar-refractivity contribution in [2.45, 2.75) is 20.3 Å².